The highest BCUT2D eigenvalue weighted by atomic mass is 14.4. The molecule has 0 bridgehead atoms. The maximum atomic E-state index is 2.37. The Bertz CT molecular complexity index is 84.0. The van der Waals surface area contributed by atoms with E-state index in [1.54, 1.807) is 0 Å². The highest BCUT2D eigenvalue weighted by Gasteiger charge is 2.32. The topological polar surface area (TPSA) is 0 Å². The average molecular weight is 156 g/mol. The van der Waals surface area contributed by atoms with Crippen LogP contribution in [-0.2, 0) is 0 Å². The van der Waals surface area contributed by atoms with Gasteiger partial charge < -0.3 is 0 Å². The van der Waals surface area contributed by atoms with Crippen LogP contribution in [0.4, 0.5) is 0 Å². The summed E-state index contributed by atoms with van der Waals surface area (Å²) in [6.45, 7) is 11.0. The van der Waals surface area contributed by atoms with Gasteiger partial charge in [-0.1, -0.05) is 41.0 Å². The minimum Gasteiger partial charge on any atom is -0.0683 e. The minimum absolute atomic E-state index is 0.972. The highest BCUT2D eigenvalue weighted by Crippen LogP contribution is 2.42. The third-order valence-electron chi connectivity index (χ3n) is 2.68. The van der Waals surface area contributed by atoms with Crippen LogP contribution in [0.2, 0.25) is 0 Å². The second-order valence-corrected chi connectivity index (χ2v) is 3.72. The van der Waals surface area contributed by atoms with Gasteiger partial charge in [0, 0.05) is 0 Å². The molecule has 3 atom stereocenters. The quantitative estimate of drug-likeness (QED) is 0.577. The maximum Gasteiger partial charge on any atom is -0.0383 e. The summed E-state index contributed by atoms with van der Waals surface area (Å²) in [4.78, 5) is 0. The summed E-state index contributed by atoms with van der Waals surface area (Å²) in [6.07, 6.45) is 4.35. The van der Waals surface area contributed by atoms with Crippen LogP contribution in [0.1, 0.15) is 53.9 Å². The maximum absolute atomic E-state index is 2.37. The van der Waals surface area contributed by atoms with Crippen molar-refractivity contribution in [3.63, 3.8) is 0 Å². The molecule has 0 heterocycles. The fourth-order valence-electron chi connectivity index (χ4n) is 1.41. The van der Waals surface area contributed by atoms with Crippen molar-refractivity contribution in [2.75, 3.05) is 0 Å². The van der Waals surface area contributed by atoms with Crippen LogP contribution in [0.5, 0.6) is 0 Å². The SMILES string of the molecule is CC.CCC(C)CC1CC1C. The molecule has 68 valence electrons. The Labute approximate surface area is 72.4 Å². The van der Waals surface area contributed by atoms with E-state index in [1.807, 2.05) is 13.8 Å². The molecule has 3 unspecified atom stereocenters. The summed E-state index contributed by atoms with van der Waals surface area (Å²) < 4.78 is 0. The van der Waals surface area contributed by atoms with Crippen molar-refractivity contribution < 1.29 is 0 Å². The normalized spacial score (nSPS) is 30.3. The second kappa shape index (κ2) is 5.62. The minimum atomic E-state index is 0.972. The number of hydrogen-bond acceptors (Lipinski definition) is 0. The van der Waals surface area contributed by atoms with Crippen molar-refractivity contribution in [3.05, 3.63) is 0 Å². The van der Waals surface area contributed by atoms with Gasteiger partial charge in [-0.25, -0.2) is 0 Å². The summed E-state index contributed by atoms with van der Waals surface area (Å²) in [7, 11) is 0. The van der Waals surface area contributed by atoms with Gasteiger partial charge in [-0.2, -0.15) is 0 Å². The molecule has 1 aliphatic carbocycles. The molecule has 0 aromatic heterocycles. The van der Waals surface area contributed by atoms with Crippen LogP contribution in [0.25, 0.3) is 0 Å². The Morgan fingerprint density at radius 3 is 2.09 bits per heavy atom. The van der Waals surface area contributed by atoms with Crippen molar-refractivity contribution in [1.29, 1.82) is 0 Å². The first-order valence-electron chi connectivity index (χ1n) is 5.24. The van der Waals surface area contributed by atoms with Crippen molar-refractivity contribution in [2.45, 2.75) is 53.9 Å². The standard InChI is InChI=1S/C9H18.C2H6/c1-4-7(2)5-9-6-8(9)3;1-2/h7-9H,4-6H2,1-3H3;1-2H3. The highest BCUT2D eigenvalue weighted by molar-refractivity contribution is 4.83. The van der Waals surface area contributed by atoms with Gasteiger partial charge in [0.25, 0.3) is 0 Å². The lowest BCUT2D eigenvalue weighted by molar-refractivity contribution is 0.469. The molecular weight excluding hydrogens is 132 g/mol. The van der Waals surface area contributed by atoms with Gasteiger partial charge in [-0.3, -0.25) is 0 Å². The van der Waals surface area contributed by atoms with Crippen molar-refractivity contribution in [3.8, 4) is 0 Å². The van der Waals surface area contributed by atoms with Crippen LogP contribution < -0.4 is 0 Å². The zero-order chi connectivity index (χ0) is 8.85. The van der Waals surface area contributed by atoms with Gasteiger partial charge in [0.2, 0.25) is 0 Å². The smallest absolute Gasteiger partial charge is 0.0383 e. The average Bonchev–Trinajstić information content (AvgIpc) is 2.70. The predicted molar refractivity (Wildman–Crippen MR) is 52.7 cm³/mol. The first kappa shape index (κ1) is 11.0. The van der Waals surface area contributed by atoms with Crippen LogP contribution in [0.15, 0.2) is 0 Å². The van der Waals surface area contributed by atoms with E-state index in [1.165, 1.54) is 19.3 Å². The fourth-order valence-corrected chi connectivity index (χ4v) is 1.41. The largest absolute Gasteiger partial charge is 0.0683 e. The Hall–Kier alpha value is 0. The third kappa shape index (κ3) is 4.44. The molecule has 1 rings (SSSR count). The van der Waals surface area contributed by atoms with E-state index >= 15 is 0 Å². The van der Waals surface area contributed by atoms with Gasteiger partial charge in [-0.15, -0.1) is 0 Å². The van der Waals surface area contributed by atoms with Crippen LogP contribution >= 0.6 is 0 Å². The van der Waals surface area contributed by atoms with Gasteiger partial charge in [0.15, 0.2) is 0 Å². The summed E-state index contributed by atoms with van der Waals surface area (Å²) in [5, 5.41) is 0. The van der Waals surface area contributed by atoms with Crippen molar-refractivity contribution in [1.82, 2.24) is 0 Å². The summed E-state index contributed by atoms with van der Waals surface area (Å²) >= 11 is 0. The molecule has 0 aromatic rings. The molecule has 0 N–H and O–H groups in total. The summed E-state index contributed by atoms with van der Waals surface area (Å²) in [5.74, 6) is 3.12. The van der Waals surface area contributed by atoms with Crippen molar-refractivity contribution >= 4 is 0 Å². The zero-order valence-electron chi connectivity index (χ0n) is 8.85. The lowest BCUT2D eigenvalue weighted by Gasteiger charge is -2.05. The Kier molecular flexibility index (Phi) is 5.62. The summed E-state index contributed by atoms with van der Waals surface area (Å²) in [5.41, 5.74) is 0. The number of hydrogen-bond donors (Lipinski definition) is 0. The molecule has 0 aromatic carbocycles. The van der Waals surface area contributed by atoms with E-state index in [9.17, 15) is 0 Å². The summed E-state index contributed by atoms with van der Waals surface area (Å²) in [6, 6.07) is 0. The van der Waals surface area contributed by atoms with Gasteiger partial charge in [0.05, 0.1) is 0 Å². The van der Waals surface area contributed by atoms with E-state index in [0.717, 1.165) is 17.8 Å². The molecule has 0 nitrogen and oxygen atoms in total. The van der Waals surface area contributed by atoms with Crippen LogP contribution in [0, 0.1) is 17.8 Å². The van der Waals surface area contributed by atoms with E-state index < -0.39 is 0 Å². The second-order valence-electron chi connectivity index (χ2n) is 3.72. The van der Waals surface area contributed by atoms with Gasteiger partial charge >= 0.3 is 0 Å². The third-order valence-corrected chi connectivity index (χ3v) is 2.68. The molecule has 1 aliphatic rings. The van der Waals surface area contributed by atoms with Crippen LogP contribution in [0.3, 0.4) is 0 Å². The molecule has 11 heavy (non-hydrogen) atoms. The monoisotopic (exact) mass is 156 g/mol. The Morgan fingerprint density at radius 1 is 1.36 bits per heavy atom. The zero-order valence-corrected chi connectivity index (χ0v) is 8.85. The molecule has 0 amide bonds. The van der Waals surface area contributed by atoms with E-state index in [-0.39, 0.29) is 0 Å². The molecule has 0 saturated heterocycles. The lowest BCUT2D eigenvalue weighted by atomic mass is 10.0. The molecule has 1 saturated carbocycles. The molecule has 0 aliphatic heterocycles. The van der Waals surface area contributed by atoms with Crippen LogP contribution in [-0.4, -0.2) is 0 Å². The van der Waals surface area contributed by atoms with Gasteiger partial charge in [0.1, 0.15) is 0 Å². The van der Waals surface area contributed by atoms with Gasteiger partial charge in [-0.05, 0) is 30.6 Å². The molecule has 0 radical (unpaired) electrons. The Morgan fingerprint density at radius 2 is 1.82 bits per heavy atom. The predicted octanol–water partition coefficient (Wildman–Crippen LogP) is 4.10. The van der Waals surface area contributed by atoms with E-state index in [0.29, 0.717) is 0 Å². The molecule has 0 spiro atoms. The van der Waals surface area contributed by atoms with E-state index in [4.69, 9.17) is 0 Å². The molecule has 1 fully saturated rings. The lowest BCUT2D eigenvalue weighted by Crippen LogP contribution is -1.93. The molecular formula is C11H24. The first-order valence-corrected chi connectivity index (χ1v) is 5.24. The van der Waals surface area contributed by atoms with Crippen molar-refractivity contribution in [2.24, 2.45) is 17.8 Å². The molecule has 0 heteroatoms. The Balaban J connectivity index is 0.000000461. The first-order chi connectivity index (χ1) is 5.24. The van der Waals surface area contributed by atoms with E-state index in [2.05, 4.69) is 20.8 Å². The fraction of sp³-hybridized carbons (Fsp3) is 1.00. The number of rotatable bonds is 3.